The van der Waals surface area contributed by atoms with Crippen molar-refractivity contribution in [1.29, 1.82) is 0 Å². The molecule has 4 rings (SSSR count). The van der Waals surface area contributed by atoms with Crippen LogP contribution in [0.25, 0.3) is 0 Å². The summed E-state index contributed by atoms with van der Waals surface area (Å²) in [5, 5.41) is 3.57. The molecule has 2 aromatic rings. The molecule has 0 bridgehead atoms. The summed E-state index contributed by atoms with van der Waals surface area (Å²) in [6.45, 7) is 0. The Kier molecular flexibility index (Phi) is 5.92. The lowest BCUT2D eigenvalue weighted by molar-refractivity contribution is -0.122. The van der Waals surface area contributed by atoms with Gasteiger partial charge in [-0.1, -0.05) is 23.7 Å². The molecule has 1 N–H and O–H groups in total. The van der Waals surface area contributed by atoms with E-state index in [2.05, 4.69) is 5.32 Å². The topological polar surface area (TPSA) is 73.9 Å². The van der Waals surface area contributed by atoms with Gasteiger partial charge in [-0.15, -0.1) is 0 Å². The van der Waals surface area contributed by atoms with Crippen molar-refractivity contribution in [3.8, 4) is 17.2 Å². The van der Waals surface area contributed by atoms with E-state index in [1.807, 2.05) is 24.3 Å². The van der Waals surface area contributed by atoms with Gasteiger partial charge >= 0.3 is 0 Å². The number of carbonyl (C=O) groups excluding carboxylic acids is 2. The molecule has 1 aliphatic carbocycles. The second-order valence-electron chi connectivity index (χ2n) is 7.74. The van der Waals surface area contributed by atoms with Gasteiger partial charge in [0.25, 0.3) is 0 Å². The molecule has 31 heavy (non-hydrogen) atoms. The van der Waals surface area contributed by atoms with E-state index in [1.165, 1.54) is 0 Å². The zero-order chi connectivity index (χ0) is 22.1. The molecular weight excluding hydrogens is 418 g/mol. The maximum atomic E-state index is 13.3. The molecule has 1 amide bonds. The van der Waals surface area contributed by atoms with Gasteiger partial charge in [0.2, 0.25) is 11.7 Å². The van der Waals surface area contributed by atoms with Crippen LogP contribution in [0.4, 0.5) is 0 Å². The van der Waals surface area contributed by atoms with Gasteiger partial charge in [0.05, 0.1) is 21.3 Å². The third-order valence-electron chi connectivity index (χ3n) is 5.97. The first-order chi connectivity index (χ1) is 14.9. The quantitative estimate of drug-likeness (QED) is 0.745. The SMILES string of the molecule is COc1cc(C2CC(=O)C3=C(C2)NC(=O)CC3c2ccc(Cl)cc2)cc(OC)c1OC. The minimum atomic E-state index is -0.255. The van der Waals surface area contributed by atoms with Gasteiger partial charge in [0.1, 0.15) is 0 Å². The Bertz CT molecular complexity index is 1040. The monoisotopic (exact) mass is 441 g/mol. The number of methoxy groups -OCH3 is 3. The third kappa shape index (κ3) is 4.00. The van der Waals surface area contributed by atoms with Crippen molar-refractivity contribution in [2.75, 3.05) is 21.3 Å². The van der Waals surface area contributed by atoms with Crippen molar-refractivity contribution in [3.63, 3.8) is 0 Å². The number of hydrogen-bond donors (Lipinski definition) is 1. The first kappa shape index (κ1) is 21.2. The second kappa shape index (κ2) is 8.63. The van der Waals surface area contributed by atoms with Crippen LogP contribution < -0.4 is 19.5 Å². The first-order valence-electron chi connectivity index (χ1n) is 10.1. The number of benzene rings is 2. The largest absolute Gasteiger partial charge is 0.493 e. The number of halogens is 1. The second-order valence-corrected chi connectivity index (χ2v) is 8.17. The van der Waals surface area contributed by atoms with Crippen molar-refractivity contribution in [2.24, 2.45) is 0 Å². The normalized spacial score (nSPS) is 20.8. The Morgan fingerprint density at radius 2 is 1.52 bits per heavy atom. The van der Waals surface area contributed by atoms with E-state index in [0.29, 0.717) is 46.4 Å². The van der Waals surface area contributed by atoms with Crippen molar-refractivity contribution >= 4 is 23.3 Å². The van der Waals surface area contributed by atoms with E-state index in [-0.39, 0.29) is 29.9 Å². The van der Waals surface area contributed by atoms with Crippen LogP contribution in [-0.4, -0.2) is 33.0 Å². The lowest BCUT2D eigenvalue weighted by atomic mass is 9.73. The average Bonchev–Trinajstić information content (AvgIpc) is 2.77. The number of allylic oxidation sites excluding steroid dienone is 2. The molecule has 6 nitrogen and oxygen atoms in total. The summed E-state index contributed by atoms with van der Waals surface area (Å²) in [5.41, 5.74) is 3.22. The van der Waals surface area contributed by atoms with Gasteiger partial charge in [-0.05, 0) is 47.7 Å². The standard InChI is InChI=1S/C24H24ClNO5/c1-29-20-10-15(11-21(30-2)24(20)31-3)14-8-18-23(19(27)9-14)17(12-22(28)26-18)13-4-6-16(25)7-5-13/h4-7,10-11,14,17H,8-9,12H2,1-3H3,(H,26,28). The summed E-state index contributed by atoms with van der Waals surface area (Å²) in [7, 11) is 4.67. The maximum absolute atomic E-state index is 13.3. The van der Waals surface area contributed by atoms with E-state index in [4.69, 9.17) is 25.8 Å². The summed E-state index contributed by atoms with van der Waals surface area (Å²) in [6.07, 6.45) is 1.15. The van der Waals surface area contributed by atoms with E-state index in [9.17, 15) is 9.59 Å². The summed E-state index contributed by atoms with van der Waals surface area (Å²) in [5.74, 6) is 1.17. The number of carbonyl (C=O) groups is 2. The Morgan fingerprint density at radius 3 is 2.10 bits per heavy atom. The van der Waals surface area contributed by atoms with Crippen LogP contribution in [0.1, 0.15) is 42.2 Å². The van der Waals surface area contributed by atoms with E-state index < -0.39 is 0 Å². The smallest absolute Gasteiger partial charge is 0.225 e. The van der Waals surface area contributed by atoms with E-state index in [1.54, 1.807) is 33.5 Å². The molecule has 0 saturated carbocycles. The fourth-order valence-corrected chi connectivity index (χ4v) is 4.64. The highest BCUT2D eigenvalue weighted by Crippen LogP contribution is 2.46. The van der Waals surface area contributed by atoms with Crippen LogP contribution in [0.5, 0.6) is 17.2 Å². The van der Waals surface area contributed by atoms with Crippen molar-refractivity contribution < 1.29 is 23.8 Å². The Morgan fingerprint density at radius 1 is 0.871 bits per heavy atom. The van der Waals surface area contributed by atoms with Crippen LogP contribution in [0, 0.1) is 0 Å². The highest BCUT2D eigenvalue weighted by atomic mass is 35.5. The number of ketones is 1. The fraction of sp³-hybridized carbons (Fsp3) is 0.333. The number of rotatable bonds is 5. The highest BCUT2D eigenvalue weighted by Gasteiger charge is 2.38. The van der Waals surface area contributed by atoms with Gasteiger partial charge in [-0.25, -0.2) is 0 Å². The van der Waals surface area contributed by atoms with Gasteiger partial charge in [-0.2, -0.15) is 0 Å². The molecule has 1 aliphatic heterocycles. The van der Waals surface area contributed by atoms with Crippen molar-refractivity contribution in [2.45, 2.75) is 31.1 Å². The maximum Gasteiger partial charge on any atom is 0.225 e. The lowest BCUT2D eigenvalue weighted by Gasteiger charge is -2.34. The van der Waals surface area contributed by atoms with Gasteiger partial charge in [0, 0.05) is 35.1 Å². The van der Waals surface area contributed by atoms with Crippen LogP contribution in [0.15, 0.2) is 47.7 Å². The molecule has 0 aromatic heterocycles. The molecule has 1 heterocycles. The van der Waals surface area contributed by atoms with Gasteiger partial charge in [-0.3, -0.25) is 9.59 Å². The molecule has 2 aliphatic rings. The van der Waals surface area contributed by atoms with Crippen LogP contribution in [-0.2, 0) is 9.59 Å². The predicted molar refractivity (Wildman–Crippen MR) is 117 cm³/mol. The average molecular weight is 442 g/mol. The molecule has 7 heteroatoms. The molecule has 0 fully saturated rings. The summed E-state index contributed by atoms with van der Waals surface area (Å²) < 4.78 is 16.3. The van der Waals surface area contributed by atoms with E-state index >= 15 is 0 Å². The Hall–Kier alpha value is -2.99. The molecule has 0 spiro atoms. The Labute approximate surface area is 186 Å². The minimum Gasteiger partial charge on any atom is -0.493 e. The van der Waals surface area contributed by atoms with Gasteiger partial charge < -0.3 is 19.5 Å². The number of hydrogen-bond acceptors (Lipinski definition) is 5. The van der Waals surface area contributed by atoms with Crippen LogP contribution >= 0.6 is 11.6 Å². The minimum absolute atomic E-state index is 0.0416. The fourth-order valence-electron chi connectivity index (χ4n) is 4.51. The highest BCUT2D eigenvalue weighted by molar-refractivity contribution is 6.30. The molecule has 2 unspecified atom stereocenters. The Balaban J connectivity index is 1.72. The number of nitrogens with one attached hydrogen (secondary N) is 1. The molecule has 2 atom stereocenters. The number of amides is 1. The zero-order valence-electron chi connectivity index (χ0n) is 17.7. The summed E-state index contributed by atoms with van der Waals surface area (Å²) in [4.78, 5) is 25.7. The first-order valence-corrected chi connectivity index (χ1v) is 10.4. The molecule has 2 aromatic carbocycles. The predicted octanol–water partition coefficient (Wildman–Crippen LogP) is 4.37. The molecular formula is C24H24ClNO5. The zero-order valence-corrected chi connectivity index (χ0v) is 18.4. The summed E-state index contributed by atoms with van der Waals surface area (Å²) in [6, 6.07) is 11.1. The summed E-state index contributed by atoms with van der Waals surface area (Å²) >= 11 is 6.02. The van der Waals surface area contributed by atoms with Crippen molar-refractivity contribution in [1.82, 2.24) is 5.32 Å². The van der Waals surface area contributed by atoms with Gasteiger partial charge in [0.15, 0.2) is 17.3 Å². The molecule has 0 saturated heterocycles. The molecule has 0 radical (unpaired) electrons. The lowest BCUT2D eigenvalue weighted by Crippen LogP contribution is -2.38. The van der Waals surface area contributed by atoms with Crippen LogP contribution in [0.3, 0.4) is 0 Å². The van der Waals surface area contributed by atoms with Crippen LogP contribution in [0.2, 0.25) is 5.02 Å². The molecule has 162 valence electrons. The number of Topliss-reactive ketones (excluding diaryl/α,β-unsaturated/α-hetero) is 1. The third-order valence-corrected chi connectivity index (χ3v) is 6.22. The van der Waals surface area contributed by atoms with E-state index in [0.717, 1.165) is 11.1 Å². The number of ether oxygens (including phenoxy) is 3. The van der Waals surface area contributed by atoms with Crippen molar-refractivity contribution in [3.05, 3.63) is 63.8 Å².